The zero-order valence-corrected chi connectivity index (χ0v) is 13.1. The minimum atomic E-state index is -4.01. The van der Waals surface area contributed by atoms with Gasteiger partial charge >= 0.3 is 0 Å². The van der Waals surface area contributed by atoms with Crippen LogP contribution in [0.15, 0.2) is 53.4 Å². The number of benzene rings is 2. The smallest absolute Gasteiger partial charge is 0.266 e. The molecule has 0 aliphatic carbocycles. The van der Waals surface area contributed by atoms with E-state index in [0.29, 0.717) is 11.4 Å². The summed E-state index contributed by atoms with van der Waals surface area (Å²) in [4.78, 5) is 13.5. The number of hydrogen-bond donors (Lipinski definition) is 0. The number of anilines is 2. The molecule has 1 aliphatic rings. The Kier molecular flexibility index (Phi) is 3.54. The molecule has 0 N–H and O–H groups in total. The van der Waals surface area contributed by atoms with E-state index in [1.165, 1.54) is 17.0 Å². The van der Waals surface area contributed by atoms with Crippen molar-refractivity contribution in [1.82, 2.24) is 0 Å². The third-order valence-corrected chi connectivity index (χ3v) is 5.56. The molecule has 0 unspecified atom stereocenters. The van der Waals surface area contributed by atoms with Crippen LogP contribution in [0.5, 0.6) is 0 Å². The third-order valence-electron chi connectivity index (χ3n) is 3.74. The van der Waals surface area contributed by atoms with Crippen molar-refractivity contribution in [2.75, 3.05) is 22.8 Å². The molecule has 0 aromatic heterocycles. The standard InChI is InChI=1S/C16H13N3O3S/c1-18-13-7-3-4-8-14(13)19(11-16(18)20)23(21,22)15-9-5-2-6-12(15)10-17/h2-9H,11H2,1H3. The highest BCUT2D eigenvalue weighted by Gasteiger charge is 2.35. The molecule has 23 heavy (non-hydrogen) atoms. The van der Waals surface area contributed by atoms with Crippen molar-refractivity contribution < 1.29 is 13.2 Å². The number of sulfonamides is 1. The lowest BCUT2D eigenvalue weighted by molar-refractivity contribution is -0.117. The van der Waals surface area contributed by atoms with Crippen LogP contribution in [0.2, 0.25) is 0 Å². The molecule has 0 fully saturated rings. The van der Waals surface area contributed by atoms with Crippen molar-refractivity contribution in [3.63, 3.8) is 0 Å². The highest BCUT2D eigenvalue weighted by Crippen LogP contribution is 2.36. The summed E-state index contributed by atoms with van der Waals surface area (Å²) in [5.74, 6) is -0.332. The van der Waals surface area contributed by atoms with E-state index in [-0.39, 0.29) is 22.9 Å². The van der Waals surface area contributed by atoms with E-state index < -0.39 is 10.0 Å². The van der Waals surface area contributed by atoms with Crippen LogP contribution in [0.3, 0.4) is 0 Å². The predicted octanol–water partition coefficient (Wildman–Crippen LogP) is 1.73. The van der Waals surface area contributed by atoms with E-state index in [0.717, 1.165) is 4.31 Å². The molecule has 116 valence electrons. The van der Waals surface area contributed by atoms with Crippen LogP contribution >= 0.6 is 0 Å². The summed E-state index contributed by atoms with van der Waals surface area (Å²) < 4.78 is 27.0. The van der Waals surface area contributed by atoms with Crippen LogP contribution in [-0.4, -0.2) is 27.9 Å². The first kappa shape index (κ1) is 15.1. The van der Waals surface area contributed by atoms with Crippen molar-refractivity contribution >= 4 is 27.3 Å². The molecule has 0 atom stereocenters. The molecule has 1 aliphatic heterocycles. The van der Waals surface area contributed by atoms with Gasteiger partial charge in [0.2, 0.25) is 5.91 Å². The van der Waals surface area contributed by atoms with Gasteiger partial charge in [-0.25, -0.2) is 8.42 Å². The molecule has 1 amide bonds. The van der Waals surface area contributed by atoms with Gasteiger partial charge < -0.3 is 4.90 Å². The van der Waals surface area contributed by atoms with Gasteiger partial charge in [-0.05, 0) is 24.3 Å². The van der Waals surface area contributed by atoms with Crippen LogP contribution < -0.4 is 9.21 Å². The maximum Gasteiger partial charge on any atom is 0.266 e. The Morgan fingerprint density at radius 2 is 1.65 bits per heavy atom. The Morgan fingerprint density at radius 1 is 1.04 bits per heavy atom. The SMILES string of the molecule is CN1C(=O)CN(S(=O)(=O)c2ccccc2C#N)c2ccccc21. The molecule has 6 nitrogen and oxygen atoms in total. The van der Waals surface area contributed by atoms with E-state index in [1.807, 2.05) is 6.07 Å². The Hall–Kier alpha value is -2.85. The molecule has 0 saturated heterocycles. The quantitative estimate of drug-likeness (QED) is 0.841. The molecule has 3 rings (SSSR count). The van der Waals surface area contributed by atoms with Gasteiger partial charge in [-0.15, -0.1) is 0 Å². The van der Waals surface area contributed by atoms with E-state index in [4.69, 9.17) is 5.26 Å². The van der Waals surface area contributed by atoms with Crippen LogP contribution in [-0.2, 0) is 14.8 Å². The number of rotatable bonds is 2. The lowest BCUT2D eigenvalue weighted by Gasteiger charge is -2.34. The molecule has 7 heteroatoms. The van der Waals surface area contributed by atoms with Gasteiger partial charge in [0.15, 0.2) is 0 Å². The molecule has 0 radical (unpaired) electrons. The van der Waals surface area contributed by atoms with Crippen molar-refractivity contribution in [3.8, 4) is 6.07 Å². The summed E-state index contributed by atoms with van der Waals surface area (Å²) >= 11 is 0. The molecular formula is C16H13N3O3S. The lowest BCUT2D eigenvalue weighted by atomic mass is 10.2. The summed E-state index contributed by atoms with van der Waals surface area (Å²) in [5, 5.41) is 9.16. The van der Waals surface area contributed by atoms with Gasteiger partial charge in [0, 0.05) is 7.05 Å². The maximum absolute atomic E-state index is 13.0. The molecule has 0 saturated carbocycles. The number of fused-ring (bicyclic) bond motifs is 1. The second-order valence-corrected chi connectivity index (χ2v) is 6.89. The van der Waals surface area contributed by atoms with E-state index in [9.17, 15) is 13.2 Å². The first-order valence-corrected chi connectivity index (χ1v) is 8.28. The number of likely N-dealkylation sites (N-methyl/N-ethyl adjacent to an activating group) is 1. The fourth-order valence-electron chi connectivity index (χ4n) is 2.52. The fraction of sp³-hybridized carbons (Fsp3) is 0.125. The van der Waals surface area contributed by atoms with Gasteiger partial charge in [0.05, 0.1) is 16.9 Å². The number of carbonyl (C=O) groups excluding carboxylic acids is 1. The van der Waals surface area contributed by atoms with Crippen molar-refractivity contribution in [3.05, 3.63) is 54.1 Å². The maximum atomic E-state index is 13.0. The number of nitriles is 1. The van der Waals surface area contributed by atoms with E-state index in [2.05, 4.69) is 0 Å². The second kappa shape index (κ2) is 5.41. The van der Waals surface area contributed by atoms with Crippen molar-refractivity contribution in [1.29, 1.82) is 5.26 Å². The summed E-state index contributed by atoms with van der Waals surface area (Å²) in [6.45, 7) is -0.296. The number of nitrogens with zero attached hydrogens (tertiary/aromatic N) is 3. The first-order valence-electron chi connectivity index (χ1n) is 6.84. The van der Waals surface area contributed by atoms with Crippen LogP contribution in [0.25, 0.3) is 0 Å². The molecular weight excluding hydrogens is 314 g/mol. The number of carbonyl (C=O) groups is 1. The number of amides is 1. The molecule has 0 spiro atoms. The summed E-state index contributed by atoms with van der Waals surface area (Å²) in [5.41, 5.74) is 0.987. The summed E-state index contributed by atoms with van der Waals surface area (Å²) in [7, 11) is -2.41. The summed E-state index contributed by atoms with van der Waals surface area (Å²) in [6, 6.07) is 14.6. The highest BCUT2D eigenvalue weighted by molar-refractivity contribution is 7.93. The Bertz CT molecular complexity index is 932. The Balaban J connectivity index is 2.20. The summed E-state index contributed by atoms with van der Waals surface area (Å²) in [6.07, 6.45) is 0. The highest BCUT2D eigenvalue weighted by atomic mass is 32.2. The molecule has 1 heterocycles. The van der Waals surface area contributed by atoms with Crippen LogP contribution in [0.4, 0.5) is 11.4 Å². The topological polar surface area (TPSA) is 81.5 Å². The normalized spacial score (nSPS) is 14.3. The Morgan fingerprint density at radius 3 is 2.35 bits per heavy atom. The first-order chi connectivity index (χ1) is 11.0. The number of hydrogen-bond acceptors (Lipinski definition) is 4. The van der Waals surface area contributed by atoms with Gasteiger partial charge in [0.1, 0.15) is 17.5 Å². The average molecular weight is 327 g/mol. The zero-order valence-electron chi connectivity index (χ0n) is 12.3. The van der Waals surface area contributed by atoms with Gasteiger partial charge in [-0.1, -0.05) is 24.3 Å². The average Bonchev–Trinajstić information content (AvgIpc) is 2.58. The molecule has 2 aromatic carbocycles. The number of para-hydroxylation sites is 2. The lowest BCUT2D eigenvalue weighted by Crippen LogP contribution is -2.46. The van der Waals surface area contributed by atoms with E-state index >= 15 is 0 Å². The van der Waals surface area contributed by atoms with Gasteiger partial charge in [0.25, 0.3) is 10.0 Å². The van der Waals surface area contributed by atoms with E-state index in [1.54, 1.807) is 43.4 Å². The van der Waals surface area contributed by atoms with Crippen molar-refractivity contribution in [2.24, 2.45) is 0 Å². The minimum absolute atomic E-state index is 0.0522. The van der Waals surface area contributed by atoms with Crippen LogP contribution in [0, 0.1) is 11.3 Å². The van der Waals surface area contributed by atoms with Gasteiger partial charge in [-0.3, -0.25) is 9.10 Å². The molecule has 0 bridgehead atoms. The molecule has 2 aromatic rings. The third kappa shape index (κ3) is 2.33. The minimum Gasteiger partial charge on any atom is -0.312 e. The largest absolute Gasteiger partial charge is 0.312 e. The fourth-order valence-corrected chi connectivity index (χ4v) is 4.10. The zero-order chi connectivity index (χ0) is 16.6. The van der Waals surface area contributed by atoms with Crippen LogP contribution in [0.1, 0.15) is 5.56 Å². The Labute approximate surface area is 134 Å². The van der Waals surface area contributed by atoms with Crippen molar-refractivity contribution in [2.45, 2.75) is 4.90 Å². The van der Waals surface area contributed by atoms with Gasteiger partial charge in [-0.2, -0.15) is 5.26 Å². The predicted molar refractivity (Wildman–Crippen MR) is 85.5 cm³/mol. The monoisotopic (exact) mass is 327 g/mol. The second-order valence-electron chi connectivity index (χ2n) is 5.06.